The molecule has 1 amide bonds. The van der Waals surface area contributed by atoms with Gasteiger partial charge in [0.15, 0.2) is 0 Å². The third kappa shape index (κ3) is 4.92. The molecular formula is C13H21N3O3S. The highest BCUT2D eigenvalue weighted by atomic mass is 32.2. The van der Waals surface area contributed by atoms with Gasteiger partial charge in [0.25, 0.3) is 5.91 Å². The Hall–Kier alpha value is -1.44. The van der Waals surface area contributed by atoms with Crippen LogP contribution in [0.5, 0.6) is 0 Å². The molecule has 0 radical (unpaired) electrons. The average Bonchev–Trinajstić information content (AvgIpc) is 2.42. The van der Waals surface area contributed by atoms with Crippen LogP contribution in [0.3, 0.4) is 0 Å². The highest BCUT2D eigenvalue weighted by Crippen LogP contribution is 2.08. The Morgan fingerprint density at radius 3 is 2.20 bits per heavy atom. The van der Waals surface area contributed by atoms with Gasteiger partial charge in [0.2, 0.25) is 10.0 Å². The molecule has 0 fully saturated rings. The van der Waals surface area contributed by atoms with Crippen molar-refractivity contribution in [3.8, 4) is 0 Å². The van der Waals surface area contributed by atoms with Gasteiger partial charge < -0.3 is 10.2 Å². The molecule has 7 heteroatoms. The van der Waals surface area contributed by atoms with Crippen molar-refractivity contribution in [1.82, 2.24) is 10.2 Å². The van der Waals surface area contributed by atoms with Gasteiger partial charge in [-0.15, -0.1) is 0 Å². The van der Waals surface area contributed by atoms with Crippen LogP contribution in [0.15, 0.2) is 29.2 Å². The zero-order chi connectivity index (χ0) is 15.2. The standard InChI is InChI=1S/C13H21N3O3S/c1-3-16(4-2)10-9-15-13(17)11-5-7-12(8-6-11)20(14,18)19/h5-8H,3-4,9-10H2,1-2H3,(H,15,17)(H2,14,18,19). The number of nitrogens with two attached hydrogens (primary N) is 1. The van der Waals surface area contributed by atoms with E-state index in [4.69, 9.17) is 5.14 Å². The first-order valence-electron chi connectivity index (χ1n) is 6.52. The first-order valence-corrected chi connectivity index (χ1v) is 8.06. The van der Waals surface area contributed by atoms with E-state index >= 15 is 0 Å². The smallest absolute Gasteiger partial charge is 0.251 e. The van der Waals surface area contributed by atoms with E-state index in [1.807, 2.05) is 0 Å². The van der Waals surface area contributed by atoms with E-state index in [2.05, 4.69) is 24.1 Å². The number of rotatable bonds is 7. The second-order valence-corrected chi connectivity index (χ2v) is 5.91. The minimum atomic E-state index is -3.72. The third-order valence-corrected chi connectivity index (χ3v) is 3.98. The van der Waals surface area contributed by atoms with Crippen molar-refractivity contribution in [1.29, 1.82) is 0 Å². The van der Waals surface area contributed by atoms with Crippen LogP contribution in [0, 0.1) is 0 Å². The number of amides is 1. The fourth-order valence-corrected chi connectivity index (χ4v) is 2.28. The van der Waals surface area contributed by atoms with Gasteiger partial charge in [-0.1, -0.05) is 13.8 Å². The van der Waals surface area contributed by atoms with Gasteiger partial charge in [0, 0.05) is 18.7 Å². The molecule has 1 rings (SSSR count). The highest BCUT2D eigenvalue weighted by molar-refractivity contribution is 7.89. The van der Waals surface area contributed by atoms with Crippen LogP contribution >= 0.6 is 0 Å². The van der Waals surface area contributed by atoms with Crippen LogP contribution in [0.1, 0.15) is 24.2 Å². The number of benzene rings is 1. The number of likely N-dealkylation sites (N-methyl/N-ethyl adjacent to an activating group) is 1. The Kier molecular flexibility index (Phi) is 6.12. The van der Waals surface area contributed by atoms with E-state index in [9.17, 15) is 13.2 Å². The first kappa shape index (κ1) is 16.6. The molecule has 3 N–H and O–H groups in total. The van der Waals surface area contributed by atoms with Crippen LogP contribution in [0.2, 0.25) is 0 Å². The van der Waals surface area contributed by atoms with Gasteiger partial charge in [0.1, 0.15) is 0 Å². The molecule has 6 nitrogen and oxygen atoms in total. The van der Waals surface area contributed by atoms with Crippen LogP contribution < -0.4 is 10.5 Å². The SMILES string of the molecule is CCN(CC)CCNC(=O)c1ccc(S(N)(=O)=O)cc1. The number of nitrogens with zero attached hydrogens (tertiary/aromatic N) is 1. The molecule has 0 unspecified atom stereocenters. The Labute approximate surface area is 120 Å². The Balaban J connectivity index is 2.56. The second kappa shape index (κ2) is 7.37. The van der Waals surface area contributed by atoms with E-state index in [1.165, 1.54) is 24.3 Å². The number of carbonyl (C=O) groups excluding carboxylic acids is 1. The fourth-order valence-electron chi connectivity index (χ4n) is 1.77. The molecule has 20 heavy (non-hydrogen) atoms. The molecule has 0 heterocycles. The van der Waals surface area contributed by atoms with Gasteiger partial charge in [0.05, 0.1) is 4.90 Å². The number of primary sulfonamides is 1. The van der Waals surface area contributed by atoms with Crippen molar-refractivity contribution in [2.45, 2.75) is 18.7 Å². The Bertz CT molecular complexity index is 536. The van der Waals surface area contributed by atoms with Gasteiger partial charge in [-0.25, -0.2) is 13.6 Å². The van der Waals surface area contributed by atoms with Crippen molar-refractivity contribution >= 4 is 15.9 Å². The number of carbonyl (C=O) groups is 1. The summed E-state index contributed by atoms with van der Waals surface area (Å²) in [6, 6.07) is 5.56. The summed E-state index contributed by atoms with van der Waals surface area (Å²) in [5, 5.41) is 7.79. The van der Waals surface area contributed by atoms with E-state index in [-0.39, 0.29) is 10.8 Å². The summed E-state index contributed by atoms with van der Waals surface area (Å²) >= 11 is 0. The normalized spacial score (nSPS) is 11.6. The van der Waals surface area contributed by atoms with Gasteiger partial charge >= 0.3 is 0 Å². The molecule has 1 aromatic rings. The lowest BCUT2D eigenvalue weighted by atomic mass is 10.2. The molecule has 0 spiro atoms. The maximum Gasteiger partial charge on any atom is 0.251 e. The lowest BCUT2D eigenvalue weighted by molar-refractivity contribution is 0.0949. The Morgan fingerprint density at radius 1 is 1.20 bits per heavy atom. The molecule has 0 aliphatic rings. The van der Waals surface area contributed by atoms with Gasteiger partial charge in [-0.2, -0.15) is 0 Å². The number of hydrogen-bond donors (Lipinski definition) is 2. The summed E-state index contributed by atoms with van der Waals surface area (Å²) in [5.41, 5.74) is 0.414. The van der Waals surface area contributed by atoms with E-state index in [0.29, 0.717) is 12.1 Å². The summed E-state index contributed by atoms with van der Waals surface area (Å²) in [6.45, 7) is 7.35. The highest BCUT2D eigenvalue weighted by Gasteiger charge is 2.10. The number of sulfonamides is 1. The third-order valence-electron chi connectivity index (χ3n) is 3.05. The minimum Gasteiger partial charge on any atom is -0.351 e. The molecule has 0 aromatic heterocycles. The van der Waals surface area contributed by atoms with Crippen molar-refractivity contribution in [2.24, 2.45) is 5.14 Å². The lowest BCUT2D eigenvalue weighted by Gasteiger charge is -2.17. The van der Waals surface area contributed by atoms with E-state index in [1.54, 1.807) is 0 Å². The summed E-state index contributed by atoms with van der Waals surface area (Å²) in [7, 11) is -3.72. The van der Waals surface area contributed by atoms with Crippen LogP contribution in [-0.2, 0) is 10.0 Å². The molecule has 0 bridgehead atoms. The van der Waals surface area contributed by atoms with Crippen LogP contribution in [0.25, 0.3) is 0 Å². The molecular weight excluding hydrogens is 278 g/mol. The van der Waals surface area contributed by atoms with Crippen molar-refractivity contribution in [3.05, 3.63) is 29.8 Å². The van der Waals surface area contributed by atoms with Crippen LogP contribution in [0.4, 0.5) is 0 Å². The predicted octanol–water partition coefficient (Wildman–Crippen LogP) is 0.406. The number of nitrogens with one attached hydrogen (secondary N) is 1. The van der Waals surface area contributed by atoms with E-state index in [0.717, 1.165) is 19.6 Å². The monoisotopic (exact) mass is 299 g/mol. The molecule has 0 aliphatic carbocycles. The maximum atomic E-state index is 11.9. The molecule has 112 valence electrons. The predicted molar refractivity (Wildman–Crippen MR) is 77.9 cm³/mol. The maximum absolute atomic E-state index is 11.9. The average molecular weight is 299 g/mol. The summed E-state index contributed by atoms with van der Waals surface area (Å²) < 4.78 is 22.2. The zero-order valence-corrected chi connectivity index (χ0v) is 12.6. The Morgan fingerprint density at radius 2 is 1.75 bits per heavy atom. The topological polar surface area (TPSA) is 92.5 Å². The van der Waals surface area contributed by atoms with Gasteiger partial charge in [-0.05, 0) is 37.4 Å². The van der Waals surface area contributed by atoms with Crippen LogP contribution in [-0.4, -0.2) is 45.4 Å². The quantitative estimate of drug-likeness (QED) is 0.762. The largest absolute Gasteiger partial charge is 0.351 e. The molecule has 0 saturated carbocycles. The summed E-state index contributed by atoms with van der Waals surface area (Å²) in [6.07, 6.45) is 0. The summed E-state index contributed by atoms with van der Waals surface area (Å²) in [4.78, 5) is 14.0. The van der Waals surface area contributed by atoms with Crippen molar-refractivity contribution in [3.63, 3.8) is 0 Å². The van der Waals surface area contributed by atoms with Crippen molar-refractivity contribution < 1.29 is 13.2 Å². The second-order valence-electron chi connectivity index (χ2n) is 4.35. The lowest BCUT2D eigenvalue weighted by Crippen LogP contribution is -2.34. The zero-order valence-electron chi connectivity index (χ0n) is 11.8. The van der Waals surface area contributed by atoms with Gasteiger partial charge in [-0.3, -0.25) is 4.79 Å². The first-order chi connectivity index (χ1) is 9.38. The van der Waals surface area contributed by atoms with Crippen molar-refractivity contribution in [2.75, 3.05) is 26.2 Å². The number of hydrogen-bond acceptors (Lipinski definition) is 4. The summed E-state index contributed by atoms with van der Waals surface area (Å²) in [5.74, 6) is -0.224. The fraction of sp³-hybridized carbons (Fsp3) is 0.462. The van der Waals surface area contributed by atoms with E-state index < -0.39 is 10.0 Å². The molecule has 1 aromatic carbocycles. The molecule has 0 atom stereocenters. The molecule has 0 saturated heterocycles. The molecule has 0 aliphatic heterocycles. The minimum absolute atomic E-state index is 0.00260.